The molecule has 2 aromatic heterocycles. The lowest BCUT2D eigenvalue weighted by Gasteiger charge is -2.32. The quantitative estimate of drug-likeness (QED) is 0.176. The Morgan fingerprint density at radius 1 is 0.980 bits per heavy atom. The highest BCUT2D eigenvalue weighted by atomic mass is 35.5. The van der Waals surface area contributed by atoms with Crippen LogP contribution in [0.2, 0.25) is 5.02 Å². The summed E-state index contributed by atoms with van der Waals surface area (Å²) in [6.45, 7) is 1.74. The molecule has 0 bridgehead atoms. The largest absolute Gasteiger partial charge is 0.351 e. The standard InChI is InChI=1S/C36H36ClN7O4S/c1-42(2)20-8-13-33(45)39-26-16-14-25(15-17-26)35(46)43-21-18-27(19-22-43)40-36-38-23-31(37)34(41-36)30-24-44(32-12-7-6-11-29(30)32)49(47,48)28-9-4-3-5-10-28/h3-17,23-24,27H,18-22H2,1-2H3,(H,39,45)(H,38,40,41). The van der Waals surface area contributed by atoms with Crippen molar-refractivity contribution >= 4 is 56.0 Å². The van der Waals surface area contributed by atoms with Crippen molar-refractivity contribution in [3.05, 3.63) is 114 Å². The Morgan fingerprint density at radius 3 is 2.39 bits per heavy atom. The molecule has 0 unspecified atom stereocenters. The fourth-order valence-corrected chi connectivity index (χ4v) is 7.30. The number of fused-ring (bicyclic) bond motifs is 1. The maximum Gasteiger partial charge on any atom is 0.268 e. The van der Waals surface area contributed by atoms with E-state index in [1.54, 1.807) is 79.0 Å². The van der Waals surface area contributed by atoms with Crippen molar-refractivity contribution in [3.8, 4) is 11.3 Å². The van der Waals surface area contributed by atoms with Gasteiger partial charge >= 0.3 is 0 Å². The summed E-state index contributed by atoms with van der Waals surface area (Å²) in [5, 5.41) is 7.16. The van der Waals surface area contributed by atoms with E-state index in [1.165, 1.54) is 16.2 Å². The van der Waals surface area contributed by atoms with Crippen molar-refractivity contribution in [2.24, 2.45) is 0 Å². The van der Waals surface area contributed by atoms with Gasteiger partial charge in [0.05, 0.1) is 27.3 Å². The number of likely N-dealkylation sites (tertiary alicyclic amines) is 1. The minimum Gasteiger partial charge on any atom is -0.351 e. The summed E-state index contributed by atoms with van der Waals surface area (Å²) >= 11 is 6.61. The number of amides is 2. The summed E-state index contributed by atoms with van der Waals surface area (Å²) in [5.74, 6) is 0.0604. The lowest BCUT2D eigenvalue weighted by Crippen LogP contribution is -2.42. The highest BCUT2D eigenvalue weighted by molar-refractivity contribution is 7.90. The van der Waals surface area contributed by atoms with Crippen molar-refractivity contribution in [2.45, 2.75) is 23.8 Å². The smallest absolute Gasteiger partial charge is 0.268 e. The second-order valence-electron chi connectivity index (χ2n) is 12.0. The molecule has 1 saturated heterocycles. The highest BCUT2D eigenvalue weighted by Crippen LogP contribution is 2.36. The number of carbonyl (C=O) groups excluding carboxylic acids is 2. The summed E-state index contributed by atoms with van der Waals surface area (Å²) in [7, 11) is -0.0319. The van der Waals surface area contributed by atoms with Gasteiger partial charge in [-0.3, -0.25) is 9.59 Å². The maximum atomic E-state index is 13.6. The lowest BCUT2D eigenvalue weighted by atomic mass is 10.0. The summed E-state index contributed by atoms with van der Waals surface area (Å²) in [6, 6.07) is 22.4. The molecule has 11 nitrogen and oxygen atoms in total. The van der Waals surface area contributed by atoms with Crippen LogP contribution in [-0.4, -0.2) is 83.7 Å². The molecule has 2 amide bonds. The molecule has 0 aliphatic carbocycles. The zero-order chi connectivity index (χ0) is 34.5. The third kappa shape index (κ3) is 7.67. The Kier molecular flexibility index (Phi) is 10.1. The molecule has 3 aromatic carbocycles. The molecular formula is C36H36ClN7O4S. The van der Waals surface area contributed by atoms with Gasteiger partial charge in [0.25, 0.3) is 15.9 Å². The number of hydrogen-bond donors (Lipinski definition) is 2. The third-order valence-corrected chi connectivity index (χ3v) is 10.2. The SMILES string of the molecule is CN(C)CC=CC(=O)Nc1ccc(C(=O)N2CCC(Nc3ncc(Cl)c(-c4cn(S(=O)(=O)c5ccccc5)c5ccccc45)n3)CC2)cc1. The maximum absolute atomic E-state index is 13.6. The Hall–Kier alpha value is -5.04. The number of aromatic nitrogens is 3. The van der Waals surface area contributed by atoms with Gasteiger partial charge in [-0.25, -0.2) is 22.4 Å². The minimum atomic E-state index is -3.88. The number of nitrogens with one attached hydrogen (secondary N) is 2. The predicted molar refractivity (Wildman–Crippen MR) is 192 cm³/mol. The van der Waals surface area contributed by atoms with Crippen LogP contribution in [-0.2, 0) is 14.8 Å². The molecule has 1 fully saturated rings. The normalized spacial score (nSPS) is 14.1. The van der Waals surface area contributed by atoms with Crippen LogP contribution in [0, 0.1) is 0 Å². The van der Waals surface area contributed by atoms with Crippen molar-refractivity contribution in [1.29, 1.82) is 0 Å². The molecule has 0 atom stereocenters. The van der Waals surface area contributed by atoms with Gasteiger partial charge in [-0.1, -0.05) is 54.1 Å². The molecule has 2 N–H and O–H groups in total. The van der Waals surface area contributed by atoms with E-state index in [2.05, 4.69) is 15.6 Å². The molecule has 6 rings (SSSR count). The van der Waals surface area contributed by atoms with Crippen molar-refractivity contribution in [3.63, 3.8) is 0 Å². The summed E-state index contributed by atoms with van der Waals surface area (Å²) in [4.78, 5) is 38.4. The van der Waals surface area contributed by atoms with E-state index < -0.39 is 10.0 Å². The lowest BCUT2D eigenvalue weighted by molar-refractivity contribution is -0.111. The molecule has 13 heteroatoms. The average Bonchev–Trinajstić information content (AvgIpc) is 3.50. The van der Waals surface area contributed by atoms with E-state index in [4.69, 9.17) is 16.6 Å². The molecule has 0 radical (unpaired) electrons. The third-order valence-electron chi connectivity index (χ3n) is 8.23. The average molecular weight is 698 g/mol. The number of likely N-dealkylation sites (N-methyl/N-ethyl adjacent to an activating group) is 1. The van der Waals surface area contributed by atoms with E-state index in [1.807, 2.05) is 36.0 Å². The van der Waals surface area contributed by atoms with Crippen molar-refractivity contribution in [2.75, 3.05) is 44.4 Å². The van der Waals surface area contributed by atoms with Crippen LogP contribution in [0.3, 0.4) is 0 Å². The van der Waals surface area contributed by atoms with E-state index in [9.17, 15) is 18.0 Å². The first-order valence-corrected chi connectivity index (χ1v) is 17.6. The molecule has 3 heterocycles. The molecule has 1 aliphatic heterocycles. The second kappa shape index (κ2) is 14.6. The van der Waals surface area contributed by atoms with Crippen LogP contribution >= 0.6 is 11.6 Å². The number of nitrogens with zero attached hydrogens (tertiary/aromatic N) is 5. The van der Waals surface area contributed by atoms with Crippen LogP contribution < -0.4 is 10.6 Å². The number of hydrogen-bond acceptors (Lipinski definition) is 8. The predicted octanol–water partition coefficient (Wildman–Crippen LogP) is 5.76. The molecule has 252 valence electrons. The summed E-state index contributed by atoms with van der Waals surface area (Å²) < 4.78 is 28.5. The molecular weight excluding hydrogens is 662 g/mol. The molecule has 49 heavy (non-hydrogen) atoms. The minimum absolute atomic E-state index is 0.0102. The van der Waals surface area contributed by atoms with Gasteiger partial charge in [0.2, 0.25) is 11.9 Å². The van der Waals surface area contributed by atoms with Gasteiger partial charge in [0.15, 0.2) is 0 Å². The zero-order valence-corrected chi connectivity index (χ0v) is 28.7. The molecule has 5 aromatic rings. The number of piperidine rings is 1. The van der Waals surface area contributed by atoms with Crippen LogP contribution in [0.5, 0.6) is 0 Å². The Bertz CT molecular complexity index is 2110. The molecule has 0 saturated carbocycles. The first-order chi connectivity index (χ1) is 23.6. The number of anilines is 2. The Labute approximate surface area is 290 Å². The Morgan fingerprint density at radius 2 is 1.67 bits per heavy atom. The second-order valence-corrected chi connectivity index (χ2v) is 14.2. The number of para-hydroxylation sites is 1. The molecule has 0 spiro atoms. The fraction of sp³-hybridized carbons (Fsp3) is 0.222. The number of rotatable bonds is 10. The van der Waals surface area contributed by atoms with Crippen LogP contribution in [0.4, 0.5) is 11.6 Å². The van der Waals surface area contributed by atoms with Gasteiger partial charge in [-0.2, -0.15) is 0 Å². The van der Waals surface area contributed by atoms with Crippen LogP contribution in [0.15, 0.2) is 108 Å². The monoisotopic (exact) mass is 697 g/mol. The number of benzene rings is 3. The topological polar surface area (TPSA) is 130 Å². The van der Waals surface area contributed by atoms with Crippen molar-refractivity contribution in [1.82, 2.24) is 23.7 Å². The summed E-state index contributed by atoms with van der Waals surface area (Å²) in [6.07, 6.45) is 7.69. The van der Waals surface area contributed by atoms with Gasteiger partial charge in [0, 0.05) is 60.1 Å². The van der Waals surface area contributed by atoms with Gasteiger partial charge in [-0.15, -0.1) is 0 Å². The van der Waals surface area contributed by atoms with E-state index in [-0.39, 0.29) is 27.8 Å². The zero-order valence-electron chi connectivity index (χ0n) is 27.1. The fourth-order valence-electron chi connectivity index (χ4n) is 5.71. The summed E-state index contributed by atoms with van der Waals surface area (Å²) in [5.41, 5.74) is 2.65. The van der Waals surface area contributed by atoms with Gasteiger partial charge < -0.3 is 20.4 Å². The first-order valence-electron chi connectivity index (χ1n) is 15.8. The van der Waals surface area contributed by atoms with E-state index in [0.717, 1.165) is 0 Å². The van der Waals surface area contributed by atoms with Gasteiger partial charge in [0.1, 0.15) is 0 Å². The van der Waals surface area contributed by atoms with Crippen LogP contribution in [0.1, 0.15) is 23.2 Å². The number of halogens is 1. The van der Waals surface area contributed by atoms with Gasteiger partial charge in [-0.05, 0) is 69.4 Å². The Balaban J connectivity index is 1.12. The molecule has 1 aliphatic rings. The van der Waals surface area contributed by atoms with E-state index >= 15 is 0 Å². The van der Waals surface area contributed by atoms with E-state index in [0.29, 0.717) is 71.8 Å². The first kappa shape index (κ1) is 33.8. The highest BCUT2D eigenvalue weighted by Gasteiger charge is 2.26. The van der Waals surface area contributed by atoms with Crippen LogP contribution in [0.25, 0.3) is 22.2 Å². The number of carbonyl (C=O) groups is 2. The van der Waals surface area contributed by atoms with Crippen molar-refractivity contribution < 1.29 is 18.0 Å².